The lowest BCUT2D eigenvalue weighted by molar-refractivity contribution is -0.119. The lowest BCUT2D eigenvalue weighted by Gasteiger charge is -2.29. The van der Waals surface area contributed by atoms with Gasteiger partial charge in [-0.2, -0.15) is 0 Å². The summed E-state index contributed by atoms with van der Waals surface area (Å²) in [5.74, 6) is 1.60. The minimum absolute atomic E-state index is 0.0294. The molecule has 1 atom stereocenters. The second-order valence-electron chi connectivity index (χ2n) is 5.28. The van der Waals surface area contributed by atoms with Gasteiger partial charge in [0.2, 0.25) is 0 Å². The van der Waals surface area contributed by atoms with Gasteiger partial charge >= 0.3 is 0 Å². The fourth-order valence-corrected chi connectivity index (χ4v) is 2.46. The van der Waals surface area contributed by atoms with Crippen LogP contribution in [0.25, 0.3) is 0 Å². The van der Waals surface area contributed by atoms with Crippen LogP contribution in [0, 0.1) is 0 Å². The Balaban J connectivity index is 1.83. The summed E-state index contributed by atoms with van der Waals surface area (Å²) in [4.78, 5) is 15.9. The van der Waals surface area contributed by atoms with Crippen LogP contribution in [0.3, 0.4) is 0 Å². The number of aliphatic imine (C=N–C) groups is 1. The number of anilines is 1. The second-order valence-corrected chi connectivity index (χ2v) is 5.28. The van der Waals surface area contributed by atoms with Gasteiger partial charge < -0.3 is 20.1 Å². The Bertz CT molecular complexity index is 635. The van der Waals surface area contributed by atoms with Crippen LogP contribution in [0.1, 0.15) is 6.92 Å². The Morgan fingerprint density at radius 3 is 2.82 bits per heavy atom. The molecular weight excluding hydrogens is 282 g/mol. The SMILES string of the molecule is COc1ccc(NC2=C3OCC(C(C)=O)N=C3CNC2)cc1. The van der Waals surface area contributed by atoms with Crippen molar-refractivity contribution in [1.29, 1.82) is 0 Å². The number of ketones is 1. The Morgan fingerprint density at radius 2 is 2.14 bits per heavy atom. The lowest BCUT2D eigenvalue weighted by Crippen LogP contribution is -2.41. The van der Waals surface area contributed by atoms with E-state index in [9.17, 15) is 4.79 Å². The number of ether oxygens (including phenoxy) is 2. The Kier molecular flexibility index (Phi) is 4.11. The normalized spacial score (nSPS) is 20.6. The summed E-state index contributed by atoms with van der Waals surface area (Å²) in [6.45, 7) is 3.14. The van der Waals surface area contributed by atoms with Crippen molar-refractivity contribution in [3.05, 3.63) is 35.7 Å². The summed E-state index contributed by atoms with van der Waals surface area (Å²) in [5.41, 5.74) is 2.68. The van der Waals surface area contributed by atoms with E-state index in [1.54, 1.807) is 14.0 Å². The van der Waals surface area contributed by atoms with Crippen molar-refractivity contribution in [1.82, 2.24) is 5.32 Å². The first-order valence-corrected chi connectivity index (χ1v) is 7.22. The molecule has 2 heterocycles. The van der Waals surface area contributed by atoms with E-state index in [-0.39, 0.29) is 11.8 Å². The fraction of sp³-hybridized carbons (Fsp3) is 0.375. The second kappa shape index (κ2) is 6.19. The molecule has 0 radical (unpaired) electrons. The predicted molar refractivity (Wildman–Crippen MR) is 84.4 cm³/mol. The first-order valence-electron chi connectivity index (χ1n) is 7.22. The number of rotatable bonds is 4. The Labute approximate surface area is 129 Å². The predicted octanol–water partition coefficient (Wildman–Crippen LogP) is 1.35. The van der Waals surface area contributed by atoms with Crippen LogP contribution >= 0.6 is 0 Å². The van der Waals surface area contributed by atoms with Crippen LogP contribution in [0.2, 0.25) is 0 Å². The number of nitrogens with zero attached hydrogens (tertiary/aromatic N) is 1. The van der Waals surface area contributed by atoms with E-state index in [0.717, 1.165) is 28.6 Å². The van der Waals surface area contributed by atoms with Gasteiger partial charge in [0.05, 0.1) is 18.5 Å². The maximum absolute atomic E-state index is 11.5. The van der Waals surface area contributed by atoms with Crippen molar-refractivity contribution in [3.8, 4) is 5.75 Å². The molecule has 6 heteroatoms. The molecule has 1 aromatic carbocycles. The van der Waals surface area contributed by atoms with Gasteiger partial charge in [0.15, 0.2) is 11.5 Å². The van der Waals surface area contributed by atoms with Crippen molar-refractivity contribution < 1.29 is 14.3 Å². The van der Waals surface area contributed by atoms with Gasteiger partial charge in [-0.1, -0.05) is 0 Å². The topological polar surface area (TPSA) is 72.0 Å². The molecule has 2 aliphatic rings. The first-order chi connectivity index (χ1) is 10.7. The van der Waals surface area contributed by atoms with Gasteiger partial charge in [-0.3, -0.25) is 9.79 Å². The molecule has 0 aliphatic carbocycles. The van der Waals surface area contributed by atoms with Crippen LogP contribution in [-0.4, -0.2) is 44.3 Å². The summed E-state index contributed by atoms with van der Waals surface area (Å²) in [6, 6.07) is 7.29. The minimum Gasteiger partial charge on any atom is -0.497 e. The van der Waals surface area contributed by atoms with Crippen molar-refractivity contribution in [3.63, 3.8) is 0 Å². The molecule has 0 saturated heterocycles. The van der Waals surface area contributed by atoms with E-state index >= 15 is 0 Å². The summed E-state index contributed by atoms with van der Waals surface area (Å²) in [6.07, 6.45) is 0. The molecule has 116 valence electrons. The largest absolute Gasteiger partial charge is 0.497 e. The van der Waals surface area contributed by atoms with Crippen LogP contribution in [0.4, 0.5) is 5.69 Å². The molecule has 6 nitrogen and oxygen atoms in total. The average molecular weight is 301 g/mol. The van der Waals surface area contributed by atoms with E-state index in [1.165, 1.54) is 0 Å². The monoisotopic (exact) mass is 301 g/mol. The number of carbonyl (C=O) groups is 1. The minimum atomic E-state index is -0.388. The summed E-state index contributed by atoms with van der Waals surface area (Å²) >= 11 is 0. The van der Waals surface area contributed by atoms with E-state index in [1.807, 2.05) is 24.3 Å². The molecule has 0 spiro atoms. The maximum Gasteiger partial charge on any atom is 0.162 e. The van der Waals surface area contributed by atoms with Gasteiger partial charge in [-0.25, -0.2) is 0 Å². The van der Waals surface area contributed by atoms with Crippen molar-refractivity contribution in [2.75, 3.05) is 32.1 Å². The molecule has 1 unspecified atom stereocenters. The van der Waals surface area contributed by atoms with Crippen molar-refractivity contribution in [2.45, 2.75) is 13.0 Å². The van der Waals surface area contributed by atoms with E-state index in [0.29, 0.717) is 19.7 Å². The highest BCUT2D eigenvalue weighted by Gasteiger charge is 2.28. The van der Waals surface area contributed by atoms with Gasteiger partial charge in [-0.05, 0) is 31.2 Å². The van der Waals surface area contributed by atoms with Gasteiger partial charge in [0, 0.05) is 18.8 Å². The lowest BCUT2D eigenvalue weighted by atomic mass is 10.1. The van der Waals surface area contributed by atoms with E-state index in [4.69, 9.17) is 9.47 Å². The number of hydrogen-bond acceptors (Lipinski definition) is 6. The number of hydrogen-bond donors (Lipinski definition) is 2. The third-order valence-corrected chi connectivity index (χ3v) is 3.68. The van der Waals surface area contributed by atoms with Crippen LogP contribution < -0.4 is 15.4 Å². The maximum atomic E-state index is 11.5. The molecular formula is C16H19N3O3. The number of Topliss-reactive ketones (excluding diaryl/α,β-unsaturated/α-hetero) is 1. The highest BCUT2D eigenvalue weighted by molar-refractivity contribution is 6.04. The zero-order chi connectivity index (χ0) is 15.5. The molecule has 2 N–H and O–H groups in total. The third-order valence-electron chi connectivity index (χ3n) is 3.68. The molecule has 2 aliphatic heterocycles. The molecule has 1 aromatic rings. The molecule has 3 rings (SSSR count). The summed E-state index contributed by atoms with van der Waals surface area (Å²) in [5, 5.41) is 6.62. The van der Waals surface area contributed by atoms with Crippen molar-refractivity contribution >= 4 is 17.2 Å². The first kappa shape index (κ1) is 14.6. The quantitative estimate of drug-likeness (QED) is 0.878. The van der Waals surface area contributed by atoms with E-state index < -0.39 is 0 Å². The smallest absolute Gasteiger partial charge is 0.162 e. The highest BCUT2D eigenvalue weighted by Crippen LogP contribution is 2.22. The number of carbonyl (C=O) groups excluding carboxylic acids is 1. The third kappa shape index (κ3) is 2.96. The van der Waals surface area contributed by atoms with Gasteiger partial charge in [0.1, 0.15) is 18.4 Å². The Morgan fingerprint density at radius 1 is 1.36 bits per heavy atom. The number of nitrogens with one attached hydrogen (secondary N) is 2. The summed E-state index contributed by atoms with van der Waals surface area (Å²) in [7, 11) is 1.64. The number of benzene rings is 1. The van der Waals surface area contributed by atoms with Gasteiger partial charge in [0.25, 0.3) is 0 Å². The molecule has 0 bridgehead atoms. The molecule has 22 heavy (non-hydrogen) atoms. The average Bonchev–Trinajstić information content (AvgIpc) is 2.55. The van der Waals surface area contributed by atoms with Crippen LogP contribution in [-0.2, 0) is 9.53 Å². The van der Waals surface area contributed by atoms with E-state index in [2.05, 4.69) is 15.6 Å². The number of fused-ring (bicyclic) bond motifs is 1. The zero-order valence-corrected chi connectivity index (χ0v) is 12.7. The summed E-state index contributed by atoms with van der Waals surface area (Å²) < 4.78 is 10.9. The Hall–Kier alpha value is -2.34. The highest BCUT2D eigenvalue weighted by atomic mass is 16.5. The molecule has 0 fully saturated rings. The molecule has 0 saturated carbocycles. The zero-order valence-electron chi connectivity index (χ0n) is 12.7. The standard InChI is InChI=1S/C16H19N3O3/c1-10(20)15-9-22-16-13(7-17-8-14(16)19-15)18-11-3-5-12(21-2)6-4-11/h3-6,15,17-18H,7-9H2,1-2H3. The van der Waals surface area contributed by atoms with Gasteiger partial charge in [-0.15, -0.1) is 0 Å². The van der Waals surface area contributed by atoms with Crippen molar-refractivity contribution in [2.24, 2.45) is 4.99 Å². The van der Waals surface area contributed by atoms with Crippen LogP contribution in [0.15, 0.2) is 40.7 Å². The fourth-order valence-electron chi connectivity index (χ4n) is 2.46. The molecule has 0 amide bonds. The molecule has 0 aromatic heterocycles. The number of methoxy groups -OCH3 is 1. The van der Waals surface area contributed by atoms with Crippen LogP contribution in [0.5, 0.6) is 5.75 Å².